The Hall–Kier alpha value is -2.82. The first-order valence-corrected chi connectivity index (χ1v) is 9.00. The second kappa shape index (κ2) is 8.04. The van der Waals surface area contributed by atoms with Crippen molar-refractivity contribution in [3.05, 3.63) is 59.2 Å². The number of amides is 2. The second-order valence-corrected chi connectivity index (χ2v) is 6.87. The highest BCUT2D eigenvalue weighted by molar-refractivity contribution is 5.97. The first-order valence-electron chi connectivity index (χ1n) is 9.00. The van der Waals surface area contributed by atoms with Gasteiger partial charge in [0.1, 0.15) is 5.75 Å². The van der Waals surface area contributed by atoms with E-state index in [1.165, 1.54) is 0 Å². The molecule has 0 bridgehead atoms. The molecule has 1 saturated carbocycles. The molecule has 26 heavy (non-hydrogen) atoms. The molecule has 1 aliphatic carbocycles. The van der Waals surface area contributed by atoms with Gasteiger partial charge in [0.2, 0.25) is 5.91 Å². The molecular formula is C21H24N2O3. The van der Waals surface area contributed by atoms with Crippen molar-refractivity contribution < 1.29 is 14.7 Å². The Morgan fingerprint density at radius 1 is 1.12 bits per heavy atom. The maximum atomic E-state index is 12.2. The Bertz CT molecular complexity index is 811. The zero-order valence-electron chi connectivity index (χ0n) is 14.9. The van der Waals surface area contributed by atoms with E-state index in [4.69, 9.17) is 0 Å². The largest absolute Gasteiger partial charge is 0.507 e. The van der Waals surface area contributed by atoms with E-state index in [0.29, 0.717) is 6.54 Å². The van der Waals surface area contributed by atoms with E-state index < -0.39 is 0 Å². The maximum Gasteiger partial charge on any atom is 0.255 e. The number of carbonyl (C=O) groups excluding carboxylic acids is 2. The lowest BCUT2D eigenvalue weighted by atomic mass is 10.1. The van der Waals surface area contributed by atoms with Crippen LogP contribution in [0.5, 0.6) is 5.75 Å². The number of hydrogen-bond acceptors (Lipinski definition) is 3. The molecule has 2 amide bonds. The van der Waals surface area contributed by atoms with Gasteiger partial charge >= 0.3 is 0 Å². The van der Waals surface area contributed by atoms with Crippen LogP contribution in [0, 0.1) is 12.8 Å². The van der Waals surface area contributed by atoms with Gasteiger partial charge in [-0.2, -0.15) is 0 Å². The summed E-state index contributed by atoms with van der Waals surface area (Å²) in [5.74, 6) is -0.167. The molecular weight excluding hydrogens is 328 g/mol. The standard InChI is InChI=1S/C21H24N2O3/c1-14-9-10-18(19(24)11-14)21(26)22-13-15-5-4-8-17(12-15)23-20(25)16-6-2-3-7-16/h4-5,8-12,16,24H,2-3,6-7,13H2,1H3,(H,22,26)(H,23,25). The van der Waals surface area contributed by atoms with E-state index in [1.54, 1.807) is 18.2 Å². The summed E-state index contributed by atoms with van der Waals surface area (Å²) in [5.41, 5.74) is 2.77. The number of benzene rings is 2. The smallest absolute Gasteiger partial charge is 0.255 e. The van der Waals surface area contributed by atoms with E-state index in [-0.39, 0.29) is 29.0 Å². The third kappa shape index (κ3) is 4.42. The first-order chi connectivity index (χ1) is 12.5. The Kier molecular flexibility index (Phi) is 5.56. The van der Waals surface area contributed by atoms with Crippen LogP contribution >= 0.6 is 0 Å². The molecule has 0 radical (unpaired) electrons. The van der Waals surface area contributed by atoms with Gasteiger partial charge in [-0.25, -0.2) is 0 Å². The van der Waals surface area contributed by atoms with Crippen molar-refractivity contribution in [1.82, 2.24) is 5.32 Å². The minimum Gasteiger partial charge on any atom is -0.507 e. The van der Waals surface area contributed by atoms with E-state index in [2.05, 4.69) is 10.6 Å². The molecule has 0 aromatic heterocycles. The molecule has 0 saturated heterocycles. The molecule has 1 fully saturated rings. The topological polar surface area (TPSA) is 78.4 Å². The van der Waals surface area contributed by atoms with E-state index >= 15 is 0 Å². The second-order valence-electron chi connectivity index (χ2n) is 6.87. The van der Waals surface area contributed by atoms with Crippen molar-refractivity contribution in [3.63, 3.8) is 0 Å². The number of hydrogen-bond donors (Lipinski definition) is 3. The van der Waals surface area contributed by atoms with Gasteiger partial charge in [0.05, 0.1) is 5.56 Å². The minimum absolute atomic E-state index is 0.0277. The number of carbonyl (C=O) groups is 2. The summed E-state index contributed by atoms with van der Waals surface area (Å²) in [4.78, 5) is 24.5. The van der Waals surface area contributed by atoms with Crippen LogP contribution in [-0.4, -0.2) is 16.9 Å². The van der Waals surface area contributed by atoms with Crippen LogP contribution in [0.25, 0.3) is 0 Å². The fourth-order valence-electron chi connectivity index (χ4n) is 3.30. The molecule has 0 aliphatic heterocycles. The molecule has 0 spiro atoms. The number of rotatable bonds is 5. The van der Waals surface area contributed by atoms with Gasteiger partial charge in [0, 0.05) is 18.2 Å². The quantitative estimate of drug-likeness (QED) is 0.767. The summed E-state index contributed by atoms with van der Waals surface area (Å²) < 4.78 is 0. The molecule has 0 atom stereocenters. The van der Waals surface area contributed by atoms with Gasteiger partial charge in [-0.15, -0.1) is 0 Å². The highest BCUT2D eigenvalue weighted by Crippen LogP contribution is 2.26. The van der Waals surface area contributed by atoms with Gasteiger partial charge in [0.25, 0.3) is 5.91 Å². The van der Waals surface area contributed by atoms with Crippen LogP contribution in [0.2, 0.25) is 0 Å². The van der Waals surface area contributed by atoms with E-state index in [9.17, 15) is 14.7 Å². The Morgan fingerprint density at radius 3 is 2.62 bits per heavy atom. The Morgan fingerprint density at radius 2 is 1.88 bits per heavy atom. The van der Waals surface area contributed by atoms with Crippen LogP contribution in [0.4, 0.5) is 5.69 Å². The minimum atomic E-state index is -0.331. The SMILES string of the molecule is Cc1ccc(C(=O)NCc2cccc(NC(=O)C3CCCC3)c2)c(O)c1. The summed E-state index contributed by atoms with van der Waals surface area (Å²) >= 11 is 0. The third-order valence-electron chi connectivity index (χ3n) is 4.77. The summed E-state index contributed by atoms with van der Waals surface area (Å²) in [6.07, 6.45) is 4.16. The normalized spacial score (nSPS) is 14.2. The molecule has 1 aliphatic rings. The third-order valence-corrected chi connectivity index (χ3v) is 4.77. The first kappa shape index (κ1) is 18.0. The lowest BCUT2D eigenvalue weighted by molar-refractivity contribution is -0.119. The van der Waals surface area contributed by atoms with E-state index in [0.717, 1.165) is 42.5 Å². The molecule has 3 rings (SSSR count). The van der Waals surface area contributed by atoms with Gasteiger partial charge in [-0.05, 0) is 55.2 Å². The van der Waals surface area contributed by atoms with Gasteiger partial charge in [0.15, 0.2) is 0 Å². The van der Waals surface area contributed by atoms with Gasteiger partial charge in [-0.1, -0.05) is 31.0 Å². The van der Waals surface area contributed by atoms with Crippen molar-refractivity contribution >= 4 is 17.5 Å². The molecule has 5 nitrogen and oxygen atoms in total. The summed E-state index contributed by atoms with van der Waals surface area (Å²) in [5, 5.41) is 15.7. The van der Waals surface area contributed by atoms with Crippen molar-refractivity contribution in [2.24, 2.45) is 5.92 Å². The lowest BCUT2D eigenvalue weighted by Crippen LogP contribution is -2.23. The highest BCUT2D eigenvalue weighted by Gasteiger charge is 2.22. The molecule has 136 valence electrons. The summed E-state index contributed by atoms with van der Waals surface area (Å²) in [6, 6.07) is 12.4. The van der Waals surface area contributed by atoms with Gasteiger partial charge < -0.3 is 15.7 Å². The molecule has 0 heterocycles. The fourth-order valence-corrected chi connectivity index (χ4v) is 3.30. The van der Waals surface area contributed by atoms with Crippen LogP contribution in [0.15, 0.2) is 42.5 Å². The van der Waals surface area contributed by atoms with E-state index in [1.807, 2.05) is 31.2 Å². The number of aromatic hydroxyl groups is 1. The highest BCUT2D eigenvalue weighted by atomic mass is 16.3. The number of phenols is 1. The van der Waals surface area contributed by atoms with Crippen molar-refractivity contribution in [2.75, 3.05) is 5.32 Å². The molecule has 0 unspecified atom stereocenters. The molecule has 3 N–H and O–H groups in total. The monoisotopic (exact) mass is 352 g/mol. The van der Waals surface area contributed by atoms with Crippen LogP contribution in [0.3, 0.4) is 0 Å². The molecule has 5 heteroatoms. The summed E-state index contributed by atoms with van der Waals surface area (Å²) in [6.45, 7) is 2.17. The molecule has 2 aromatic carbocycles. The van der Waals surface area contributed by atoms with Crippen molar-refractivity contribution in [1.29, 1.82) is 0 Å². The van der Waals surface area contributed by atoms with Gasteiger partial charge in [-0.3, -0.25) is 9.59 Å². The average Bonchev–Trinajstić information content (AvgIpc) is 3.15. The van der Waals surface area contributed by atoms with Crippen LogP contribution in [0.1, 0.15) is 47.2 Å². The van der Waals surface area contributed by atoms with Crippen molar-refractivity contribution in [2.45, 2.75) is 39.2 Å². The lowest BCUT2D eigenvalue weighted by Gasteiger charge is -2.12. The predicted molar refractivity (Wildman–Crippen MR) is 101 cm³/mol. The number of anilines is 1. The van der Waals surface area contributed by atoms with Crippen LogP contribution in [-0.2, 0) is 11.3 Å². The Labute approximate surface area is 153 Å². The zero-order valence-corrected chi connectivity index (χ0v) is 14.9. The fraction of sp³-hybridized carbons (Fsp3) is 0.333. The number of aryl methyl sites for hydroxylation is 1. The number of phenolic OH excluding ortho intramolecular Hbond substituents is 1. The van der Waals surface area contributed by atoms with Crippen molar-refractivity contribution in [3.8, 4) is 5.75 Å². The van der Waals surface area contributed by atoms with Crippen LogP contribution < -0.4 is 10.6 Å². The average molecular weight is 352 g/mol. The zero-order chi connectivity index (χ0) is 18.5. The summed E-state index contributed by atoms with van der Waals surface area (Å²) in [7, 11) is 0. The number of nitrogens with one attached hydrogen (secondary N) is 2. The Balaban J connectivity index is 1.59. The maximum absolute atomic E-state index is 12.2. The predicted octanol–water partition coefficient (Wildman–Crippen LogP) is 3.76. The molecule has 2 aromatic rings.